The number of aromatic nitrogens is 2. The maximum Gasteiger partial charge on any atom is 0.343 e. The van der Waals surface area contributed by atoms with Gasteiger partial charge < -0.3 is 20.3 Å². The first-order valence-corrected chi connectivity index (χ1v) is 11.7. The van der Waals surface area contributed by atoms with Crippen LogP contribution in [0.2, 0.25) is 0 Å². The molecule has 0 radical (unpaired) electrons. The van der Waals surface area contributed by atoms with Crippen LogP contribution in [-0.4, -0.2) is 47.4 Å². The Hall–Kier alpha value is -4.27. The first-order valence-electron chi connectivity index (χ1n) is 9.63. The van der Waals surface area contributed by atoms with E-state index in [0.717, 1.165) is 30.5 Å². The van der Waals surface area contributed by atoms with Crippen molar-refractivity contribution in [2.45, 2.75) is 5.92 Å². The zero-order chi connectivity index (χ0) is 26.8. The third-order valence-corrected chi connectivity index (χ3v) is 5.37. The van der Waals surface area contributed by atoms with E-state index in [0.29, 0.717) is 12.1 Å². The minimum Gasteiger partial charge on any atom is -0.477 e. The van der Waals surface area contributed by atoms with Crippen molar-refractivity contribution in [3.63, 3.8) is 0 Å². The van der Waals surface area contributed by atoms with Crippen molar-refractivity contribution < 1.29 is 50.1 Å². The van der Waals surface area contributed by atoms with Crippen LogP contribution in [0.25, 0.3) is 0 Å². The van der Waals surface area contributed by atoms with Gasteiger partial charge in [0.05, 0.1) is 17.4 Å². The fraction of sp³-hybridized carbons (Fsp3) is 0.143. The summed E-state index contributed by atoms with van der Waals surface area (Å²) in [6, 6.07) is 3.19. The molecular weight excluding hydrogens is 514 g/mol. The number of aromatic carboxylic acids is 1. The molecule has 0 fully saturated rings. The normalized spacial score (nSPS) is 12.1. The van der Waals surface area contributed by atoms with Crippen LogP contribution in [0.5, 0.6) is 23.4 Å². The van der Waals surface area contributed by atoms with Crippen molar-refractivity contribution in [1.82, 2.24) is 9.97 Å². The maximum absolute atomic E-state index is 14.2. The molecule has 2 aromatic carbocycles. The van der Waals surface area contributed by atoms with Crippen molar-refractivity contribution >= 4 is 21.7 Å². The van der Waals surface area contributed by atoms with Crippen LogP contribution in [0.1, 0.15) is 22.0 Å². The average molecular weight is 529 g/mol. The summed E-state index contributed by atoms with van der Waals surface area (Å²) in [6.45, 7) is 0. The van der Waals surface area contributed by atoms with Crippen LogP contribution in [0.4, 0.5) is 17.6 Å². The second-order valence-electron chi connectivity index (χ2n) is 7.28. The highest BCUT2D eigenvalue weighted by Crippen LogP contribution is 2.34. The number of hydrogen-bond donors (Lipinski definition) is 2. The van der Waals surface area contributed by atoms with E-state index in [1.54, 1.807) is 0 Å². The number of carbonyl (C=O) groups is 2. The Morgan fingerprint density at radius 1 is 0.972 bits per heavy atom. The van der Waals surface area contributed by atoms with Crippen LogP contribution < -0.4 is 15.2 Å². The summed E-state index contributed by atoms with van der Waals surface area (Å²) in [5.41, 5.74) is 3.47. The minimum atomic E-state index is -3.96. The van der Waals surface area contributed by atoms with E-state index in [9.17, 15) is 40.7 Å². The molecule has 0 saturated carbocycles. The molecule has 3 N–H and O–H groups in total. The molecule has 36 heavy (non-hydrogen) atoms. The lowest BCUT2D eigenvalue weighted by molar-refractivity contribution is -0.119. The Balaban J connectivity index is 2.26. The number of ether oxygens (including phenoxy) is 2. The predicted octanol–water partition coefficient (Wildman–Crippen LogP) is 2.93. The number of sulfone groups is 1. The molecule has 0 aliphatic carbocycles. The van der Waals surface area contributed by atoms with E-state index in [1.807, 2.05) is 0 Å². The number of nitrogens with two attached hydrogens (primary N) is 1. The van der Waals surface area contributed by atoms with Crippen molar-refractivity contribution in [3.8, 4) is 23.4 Å². The van der Waals surface area contributed by atoms with Crippen molar-refractivity contribution in [2.75, 3.05) is 12.0 Å². The number of halogens is 4. The van der Waals surface area contributed by atoms with E-state index in [4.69, 9.17) is 15.2 Å². The molecule has 15 heteroatoms. The van der Waals surface area contributed by atoms with Gasteiger partial charge in [-0.05, 0) is 24.3 Å². The number of benzene rings is 2. The summed E-state index contributed by atoms with van der Waals surface area (Å²) in [4.78, 5) is 31.5. The van der Waals surface area contributed by atoms with Gasteiger partial charge in [-0.1, -0.05) is 0 Å². The topological polar surface area (TPSA) is 159 Å². The largest absolute Gasteiger partial charge is 0.477 e. The lowest BCUT2D eigenvalue weighted by Crippen LogP contribution is -2.30. The standard InChI is InChI=1S/C21H15F4N3O7S/c1-36(32,33)8-11(18(26)29)17-16(20(30)31)19(34-14-4-2-9(22)6-12(14)24)28-21(27-17)35-15-5-3-10(23)7-13(15)25/h2-7,11H,8H2,1H3,(H2,26,29)(H,30,31)/t11-/m1/s1. The van der Waals surface area contributed by atoms with Gasteiger partial charge >= 0.3 is 12.0 Å². The second kappa shape index (κ2) is 10.2. The van der Waals surface area contributed by atoms with E-state index in [2.05, 4.69) is 9.97 Å². The second-order valence-corrected chi connectivity index (χ2v) is 9.46. The number of primary amides is 1. The molecule has 0 aliphatic heterocycles. The van der Waals surface area contributed by atoms with E-state index in [-0.39, 0.29) is 0 Å². The highest BCUT2D eigenvalue weighted by Gasteiger charge is 2.34. The molecule has 0 saturated heterocycles. The van der Waals surface area contributed by atoms with Gasteiger partial charge in [0.1, 0.15) is 27.0 Å². The first kappa shape index (κ1) is 26.3. The molecule has 0 bridgehead atoms. The summed E-state index contributed by atoms with van der Waals surface area (Å²) in [6.07, 6.45) is 0.737. The number of carbonyl (C=O) groups excluding carboxylic acids is 1. The molecule has 10 nitrogen and oxygen atoms in total. The van der Waals surface area contributed by atoms with E-state index >= 15 is 0 Å². The summed E-state index contributed by atoms with van der Waals surface area (Å²) in [7, 11) is -3.96. The quantitative estimate of drug-likeness (QED) is 0.398. The van der Waals surface area contributed by atoms with Gasteiger partial charge in [0, 0.05) is 18.4 Å². The number of nitrogens with zero attached hydrogens (tertiary/aromatic N) is 2. The van der Waals surface area contributed by atoms with Gasteiger partial charge in [0.25, 0.3) is 0 Å². The first-order chi connectivity index (χ1) is 16.7. The molecule has 1 atom stereocenters. The van der Waals surface area contributed by atoms with Crippen LogP contribution in [-0.2, 0) is 14.6 Å². The fourth-order valence-electron chi connectivity index (χ4n) is 2.93. The van der Waals surface area contributed by atoms with E-state index in [1.165, 1.54) is 0 Å². The molecule has 3 rings (SSSR count). The van der Waals surface area contributed by atoms with Crippen LogP contribution in [0.15, 0.2) is 36.4 Å². The fourth-order valence-corrected chi connectivity index (χ4v) is 3.85. The highest BCUT2D eigenvalue weighted by molar-refractivity contribution is 7.90. The average Bonchev–Trinajstić information content (AvgIpc) is 2.74. The monoisotopic (exact) mass is 529 g/mol. The molecule has 0 spiro atoms. The van der Waals surface area contributed by atoms with Gasteiger partial charge in [0.2, 0.25) is 11.8 Å². The molecule has 1 aromatic heterocycles. The number of carboxylic acid groups (broad SMARTS) is 1. The minimum absolute atomic E-state index is 0.416. The van der Waals surface area contributed by atoms with Gasteiger partial charge in [-0.15, -0.1) is 0 Å². The van der Waals surface area contributed by atoms with Gasteiger partial charge in [-0.3, -0.25) is 4.79 Å². The summed E-state index contributed by atoms with van der Waals surface area (Å²) in [5, 5.41) is 9.76. The molecule has 0 aliphatic rings. The van der Waals surface area contributed by atoms with Gasteiger partial charge in [-0.2, -0.15) is 9.97 Å². The molecular formula is C21H15F4N3O7S. The summed E-state index contributed by atoms with van der Waals surface area (Å²) < 4.78 is 88.9. The number of carboxylic acids is 1. The molecule has 3 aromatic rings. The number of amides is 1. The third kappa shape index (κ3) is 6.24. The van der Waals surface area contributed by atoms with Crippen molar-refractivity contribution in [2.24, 2.45) is 5.73 Å². The van der Waals surface area contributed by atoms with Crippen molar-refractivity contribution in [3.05, 3.63) is 70.9 Å². The Labute approximate surface area is 200 Å². The lowest BCUT2D eigenvalue weighted by Gasteiger charge is -2.18. The molecule has 190 valence electrons. The van der Waals surface area contributed by atoms with E-state index < -0.39 is 91.3 Å². The Morgan fingerprint density at radius 3 is 1.94 bits per heavy atom. The smallest absolute Gasteiger partial charge is 0.343 e. The molecule has 1 amide bonds. The number of hydrogen-bond acceptors (Lipinski definition) is 8. The predicted molar refractivity (Wildman–Crippen MR) is 114 cm³/mol. The third-order valence-electron chi connectivity index (χ3n) is 4.44. The maximum atomic E-state index is 14.2. The van der Waals surface area contributed by atoms with Crippen LogP contribution in [0, 0.1) is 23.3 Å². The molecule has 0 unspecified atom stereocenters. The molecule has 1 heterocycles. The van der Waals surface area contributed by atoms with Crippen LogP contribution >= 0.6 is 0 Å². The number of rotatable bonds is 9. The van der Waals surface area contributed by atoms with Gasteiger partial charge in [0.15, 0.2) is 23.1 Å². The van der Waals surface area contributed by atoms with Gasteiger partial charge in [-0.25, -0.2) is 30.8 Å². The Bertz CT molecular complexity index is 1470. The zero-order valence-corrected chi connectivity index (χ0v) is 18.9. The van der Waals surface area contributed by atoms with Crippen molar-refractivity contribution in [1.29, 1.82) is 0 Å². The lowest BCUT2D eigenvalue weighted by atomic mass is 10.0. The summed E-state index contributed by atoms with van der Waals surface area (Å²) in [5.74, 6) is -12.9. The zero-order valence-electron chi connectivity index (χ0n) is 18.0. The summed E-state index contributed by atoms with van der Waals surface area (Å²) >= 11 is 0. The SMILES string of the molecule is CS(=O)(=O)C[C@@H](C(N)=O)c1nc(Oc2ccc(F)cc2F)nc(Oc2ccc(F)cc2F)c1C(=O)O. The Morgan fingerprint density at radius 2 is 1.50 bits per heavy atom. The Kier molecular flexibility index (Phi) is 7.43. The van der Waals surface area contributed by atoms with Crippen LogP contribution in [0.3, 0.4) is 0 Å². The highest BCUT2D eigenvalue weighted by atomic mass is 32.2.